The molecule has 1 aromatic carbocycles. The molecule has 3 rings (SSSR count). The first-order valence-corrected chi connectivity index (χ1v) is 6.69. The molecular weight excluding hydrogens is 248 g/mol. The Morgan fingerprint density at radius 1 is 1.33 bits per heavy atom. The molecule has 0 unspecified atom stereocenters. The molecule has 2 heterocycles. The van der Waals surface area contributed by atoms with Crippen molar-refractivity contribution in [3.8, 4) is 0 Å². The standard InChI is InChI=1S/C13H12N2O2S/c1-8-6-11(13(16)17-8)18-12-9-4-2-3-5-10(9)14-7-15-12/h2-5,7-8,11H,6H2,1H3/t8-,11-/m1/s1. The Balaban J connectivity index is 1.93. The highest BCUT2D eigenvalue weighted by Crippen LogP contribution is 2.33. The zero-order valence-electron chi connectivity index (χ0n) is 9.87. The predicted molar refractivity (Wildman–Crippen MR) is 69.4 cm³/mol. The molecule has 0 N–H and O–H groups in total. The average molecular weight is 260 g/mol. The average Bonchev–Trinajstić information content (AvgIpc) is 2.68. The fourth-order valence-corrected chi connectivity index (χ4v) is 3.22. The molecule has 1 saturated heterocycles. The number of cyclic esters (lactones) is 1. The Morgan fingerprint density at radius 3 is 2.94 bits per heavy atom. The third-order valence-corrected chi connectivity index (χ3v) is 4.10. The summed E-state index contributed by atoms with van der Waals surface area (Å²) in [4.78, 5) is 20.1. The van der Waals surface area contributed by atoms with Crippen LogP contribution in [0.25, 0.3) is 10.9 Å². The van der Waals surface area contributed by atoms with Gasteiger partial charge in [0, 0.05) is 11.8 Å². The van der Waals surface area contributed by atoms with E-state index in [-0.39, 0.29) is 17.3 Å². The van der Waals surface area contributed by atoms with Crippen molar-refractivity contribution in [3.05, 3.63) is 30.6 Å². The van der Waals surface area contributed by atoms with Gasteiger partial charge in [-0.05, 0) is 13.0 Å². The van der Waals surface area contributed by atoms with Crippen LogP contribution in [0.3, 0.4) is 0 Å². The molecule has 0 amide bonds. The number of hydrogen-bond acceptors (Lipinski definition) is 5. The number of esters is 1. The number of benzene rings is 1. The smallest absolute Gasteiger partial charge is 0.319 e. The van der Waals surface area contributed by atoms with Crippen molar-refractivity contribution in [1.82, 2.24) is 9.97 Å². The number of nitrogens with zero attached hydrogens (tertiary/aromatic N) is 2. The fraction of sp³-hybridized carbons (Fsp3) is 0.308. The molecule has 0 radical (unpaired) electrons. The Bertz CT molecular complexity index is 597. The zero-order valence-corrected chi connectivity index (χ0v) is 10.7. The molecule has 0 bridgehead atoms. The molecule has 2 atom stereocenters. The van der Waals surface area contributed by atoms with E-state index < -0.39 is 0 Å². The maximum atomic E-state index is 11.6. The first-order chi connectivity index (χ1) is 8.74. The van der Waals surface area contributed by atoms with E-state index >= 15 is 0 Å². The third kappa shape index (κ3) is 2.06. The molecule has 0 spiro atoms. The van der Waals surface area contributed by atoms with Crippen LogP contribution in [0.15, 0.2) is 35.6 Å². The number of thioether (sulfide) groups is 1. The molecule has 0 aliphatic carbocycles. The van der Waals surface area contributed by atoms with Crippen molar-refractivity contribution < 1.29 is 9.53 Å². The summed E-state index contributed by atoms with van der Waals surface area (Å²) in [5.41, 5.74) is 0.898. The topological polar surface area (TPSA) is 52.1 Å². The van der Waals surface area contributed by atoms with Gasteiger partial charge in [-0.25, -0.2) is 9.97 Å². The summed E-state index contributed by atoms with van der Waals surface area (Å²) in [5, 5.41) is 1.67. The SMILES string of the molecule is C[C@@H]1C[C@@H](Sc2ncnc3ccccc23)C(=O)O1. The van der Waals surface area contributed by atoms with Crippen LogP contribution in [0.5, 0.6) is 0 Å². The quantitative estimate of drug-likeness (QED) is 0.613. The van der Waals surface area contributed by atoms with Gasteiger partial charge in [0.2, 0.25) is 0 Å². The summed E-state index contributed by atoms with van der Waals surface area (Å²) in [5.74, 6) is -0.143. The van der Waals surface area contributed by atoms with Gasteiger partial charge in [0.15, 0.2) is 0 Å². The molecular formula is C13H12N2O2S. The lowest BCUT2D eigenvalue weighted by molar-refractivity contribution is -0.140. The van der Waals surface area contributed by atoms with Crippen molar-refractivity contribution in [2.75, 3.05) is 0 Å². The number of aromatic nitrogens is 2. The molecule has 2 aromatic rings. The fourth-order valence-electron chi connectivity index (χ4n) is 2.02. The monoisotopic (exact) mass is 260 g/mol. The lowest BCUT2D eigenvalue weighted by Gasteiger charge is -2.06. The number of rotatable bonds is 2. The summed E-state index contributed by atoms with van der Waals surface area (Å²) < 4.78 is 5.15. The highest BCUT2D eigenvalue weighted by molar-refractivity contribution is 8.00. The number of carbonyl (C=O) groups excluding carboxylic acids is 1. The number of carbonyl (C=O) groups is 1. The Hall–Kier alpha value is -1.62. The Labute approximate surface area is 109 Å². The summed E-state index contributed by atoms with van der Waals surface area (Å²) in [6.45, 7) is 1.91. The Kier molecular flexibility index (Phi) is 2.91. The van der Waals surface area contributed by atoms with E-state index in [0.29, 0.717) is 0 Å². The van der Waals surface area contributed by atoms with Gasteiger partial charge in [0.05, 0.1) is 5.52 Å². The maximum absolute atomic E-state index is 11.6. The zero-order chi connectivity index (χ0) is 12.5. The van der Waals surface area contributed by atoms with E-state index in [0.717, 1.165) is 22.3 Å². The molecule has 18 heavy (non-hydrogen) atoms. The predicted octanol–water partition coefficient (Wildman–Crippen LogP) is 2.43. The lowest BCUT2D eigenvalue weighted by Crippen LogP contribution is -2.09. The molecule has 1 aliphatic heterocycles. The molecule has 1 aromatic heterocycles. The van der Waals surface area contributed by atoms with Crippen molar-refractivity contribution in [1.29, 1.82) is 0 Å². The van der Waals surface area contributed by atoms with Gasteiger partial charge >= 0.3 is 5.97 Å². The van der Waals surface area contributed by atoms with Crippen molar-refractivity contribution in [3.63, 3.8) is 0 Å². The van der Waals surface area contributed by atoms with Gasteiger partial charge in [-0.2, -0.15) is 0 Å². The maximum Gasteiger partial charge on any atom is 0.319 e. The van der Waals surface area contributed by atoms with E-state index in [4.69, 9.17) is 4.74 Å². The van der Waals surface area contributed by atoms with Gasteiger partial charge in [0.25, 0.3) is 0 Å². The molecule has 92 valence electrons. The van der Waals surface area contributed by atoms with Crippen LogP contribution in [-0.4, -0.2) is 27.3 Å². The number of para-hydroxylation sites is 1. The van der Waals surface area contributed by atoms with Crippen LogP contribution in [0.1, 0.15) is 13.3 Å². The van der Waals surface area contributed by atoms with Gasteiger partial charge in [0.1, 0.15) is 22.7 Å². The van der Waals surface area contributed by atoms with Crippen LogP contribution in [0, 0.1) is 0 Å². The van der Waals surface area contributed by atoms with E-state index in [1.807, 2.05) is 31.2 Å². The second-order valence-electron chi connectivity index (χ2n) is 4.29. The number of ether oxygens (including phenoxy) is 1. The summed E-state index contributed by atoms with van der Waals surface area (Å²) >= 11 is 1.47. The second kappa shape index (κ2) is 4.57. The van der Waals surface area contributed by atoms with Crippen LogP contribution in [-0.2, 0) is 9.53 Å². The van der Waals surface area contributed by atoms with Gasteiger partial charge in [-0.3, -0.25) is 4.79 Å². The Morgan fingerprint density at radius 2 is 2.17 bits per heavy atom. The van der Waals surface area contributed by atoms with E-state index in [1.54, 1.807) is 0 Å². The van der Waals surface area contributed by atoms with Crippen LogP contribution < -0.4 is 0 Å². The molecule has 1 aliphatic rings. The normalized spacial score (nSPS) is 23.3. The van der Waals surface area contributed by atoms with Crippen LogP contribution in [0.2, 0.25) is 0 Å². The number of fused-ring (bicyclic) bond motifs is 1. The first kappa shape index (κ1) is 11.5. The third-order valence-electron chi connectivity index (χ3n) is 2.89. The highest BCUT2D eigenvalue weighted by atomic mass is 32.2. The van der Waals surface area contributed by atoms with Crippen molar-refractivity contribution >= 4 is 28.6 Å². The lowest BCUT2D eigenvalue weighted by atomic mass is 10.2. The molecule has 4 nitrogen and oxygen atoms in total. The molecule has 1 fully saturated rings. The molecule has 0 saturated carbocycles. The van der Waals surface area contributed by atoms with Gasteiger partial charge in [-0.1, -0.05) is 30.0 Å². The minimum Gasteiger partial charge on any atom is -0.462 e. The van der Waals surface area contributed by atoms with Crippen molar-refractivity contribution in [2.45, 2.75) is 29.7 Å². The van der Waals surface area contributed by atoms with Crippen molar-refractivity contribution in [2.24, 2.45) is 0 Å². The summed E-state index contributed by atoms with van der Waals surface area (Å²) in [6, 6.07) is 7.80. The summed E-state index contributed by atoms with van der Waals surface area (Å²) in [7, 11) is 0. The minimum atomic E-state index is -0.154. The molecule has 5 heteroatoms. The minimum absolute atomic E-state index is 0.00287. The van der Waals surface area contributed by atoms with E-state index in [9.17, 15) is 4.79 Å². The van der Waals surface area contributed by atoms with E-state index in [2.05, 4.69) is 9.97 Å². The summed E-state index contributed by atoms with van der Waals surface area (Å²) in [6.07, 6.45) is 2.28. The number of hydrogen-bond donors (Lipinski definition) is 0. The van der Waals surface area contributed by atoms with E-state index in [1.165, 1.54) is 18.1 Å². The van der Waals surface area contributed by atoms with Crippen LogP contribution in [0.4, 0.5) is 0 Å². The second-order valence-corrected chi connectivity index (χ2v) is 5.48. The van der Waals surface area contributed by atoms with Gasteiger partial charge < -0.3 is 4.74 Å². The largest absolute Gasteiger partial charge is 0.462 e. The first-order valence-electron chi connectivity index (χ1n) is 5.81. The van der Waals surface area contributed by atoms with Gasteiger partial charge in [-0.15, -0.1) is 0 Å². The highest BCUT2D eigenvalue weighted by Gasteiger charge is 2.33. The van der Waals surface area contributed by atoms with Crippen LogP contribution >= 0.6 is 11.8 Å².